The van der Waals surface area contributed by atoms with Crippen molar-refractivity contribution in [1.82, 2.24) is 9.88 Å². The fourth-order valence-corrected chi connectivity index (χ4v) is 1.73. The zero-order chi connectivity index (χ0) is 14.8. The van der Waals surface area contributed by atoms with Gasteiger partial charge in [0.2, 0.25) is 5.91 Å². The van der Waals surface area contributed by atoms with Crippen LogP contribution in [-0.4, -0.2) is 41.5 Å². The maximum absolute atomic E-state index is 12.1. The van der Waals surface area contributed by atoms with Crippen molar-refractivity contribution in [2.45, 2.75) is 19.8 Å². The Hall–Kier alpha value is -2.17. The number of aryl methyl sites for hydroxylation is 1. The van der Waals surface area contributed by atoms with Gasteiger partial charge < -0.3 is 9.64 Å². The molecule has 0 aliphatic heterocycles. The predicted molar refractivity (Wildman–Crippen MR) is 76.0 cm³/mol. The molecule has 1 aromatic rings. The van der Waals surface area contributed by atoms with Crippen LogP contribution in [0.3, 0.4) is 0 Å². The van der Waals surface area contributed by atoms with Crippen molar-refractivity contribution in [2.75, 3.05) is 19.7 Å². The van der Waals surface area contributed by atoms with Gasteiger partial charge in [-0.1, -0.05) is 12.1 Å². The summed E-state index contributed by atoms with van der Waals surface area (Å²) in [7, 11) is 0. The molecular formula is C15H20N2O3. The molecule has 0 saturated heterocycles. The first-order chi connectivity index (χ1) is 9.67. The van der Waals surface area contributed by atoms with E-state index >= 15 is 0 Å². The molecule has 108 valence electrons. The molecule has 0 aliphatic rings. The third kappa shape index (κ3) is 5.65. The van der Waals surface area contributed by atoms with E-state index < -0.39 is 5.97 Å². The zero-order valence-corrected chi connectivity index (χ0v) is 11.7. The summed E-state index contributed by atoms with van der Waals surface area (Å²) in [4.78, 5) is 29.0. The summed E-state index contributed by atoms with van der Waals surface area (Å²) in [6.07, 6.45) is 5.95. The molecule has 5 nitrogen and oxygen atoms in total. The van der Waals surface area contributed by atoms with Gasteiger partial charge in [-0.2, -0.15) is 0 Å². The van der Waals surface area contributed by atoms with Crippen LogP contribution in [0.1, 0.15) is 18.9 Å². The minimum Gasteiger partial charge on any atom is -0.465 e. The largest absolute Gasteiger partial charge is 0.465 e. The Morgan fingerprint density at radius 3 is 2.90 bits per heavy atom. The molecule has 0 atom stereocenters. The van der Waals surface area contributed by atoms with Crippen LogP contribution >= 0.6 is 0 Å². The zero-order valence-electron chi connectivity index (χ0n) is 11.7. The summed E-state index contributed by atoms with van der Waals surface area (Å²) < 4.78 is 4.85. The van der Waals surface area contributed by atoms with Gasteiger partial charge >= 0.3 is 5.97 Å². The fourth-order valence-electron chi connectivity index (χ4n) is 1.73. The molecule has 0 aliphatic carbocycles. The molecule has 0 unspecified atom stereocenters. The van der Waals surface area contributed by atoms with Crippen molar-refractivity contribution >= 4 is 11.9 Å². The molecule has 0 N–H and O–H groups in total. The van der Waals surface area contributed by atoms with E-state index in [0.29, 0.717) is 26.0 Å². The highest BCUT2D eigenvalue weighted by atomic mass is 16.5. The van der Waals surface area contributed by atoms with Gasteiger partial charge in [-0.25, -0.2) is 0 Å². The van der Waals surface area contributed by atoms with Gasteiger partial charge in [-0.05, 0) is 25.0 Å². The second-order valence-electron chi connectivity index (χ2n) is 4.23. The highest BCUT2D eigenvalue weighted by Gasteiger charge is 2.16. The summed E-state index contributed by atoms with van der Waals surface area (Å²) >= 11 is 0. The van der Waals surface area contributed by atoms with Gasteiger partial charge in [-0.3, -0.25) is 14.6 Å². The monoisotopic (exact) mass is 276 g/mol. The van der Waals surface area contributed by atoms with Gasteiger partial charge in [-0.15, -0.1) is 6.58 Å². The van der Waals surface area contributed by atoms with Crippen LogP contribution < -0.4 is 0 Å². The number of ether oxygens (including phenoxy) is 1. The van der Waals surface area contributed by atoms with Gasteiger partial charge in [0.15, 0.2) is 0 Å². The third-order valence-corrected chi connectivity index (χ3v) is 2.68. The van der Waals surface area contributed by atoms with E-state index in [1.54, 1.807) is 25.4 Å². The fraction of sp³-hybridized carbons (Fsp3) is 0.400. The molecule has 0 fully saturated rings. The van der Waals surface area contributed by atoms with Gasteiger partial charge in [0.1, 0.15) is 6.54 Å². The number of carbonyl (C=O) groups is 2. The van der Waals surface area contributed by atoms with Gasteiger partial charge in [0.25, 0.3) is 0 Å². The molecule has 1 heterocycles. The molecule has 0 saturated carbocycles. The van der Waals surface area contributed by atoms with E-state index in [9.17, 15) is 9.59 Å². The van der Waals surface area contributed by atoms with E-state index in [1.165, 1.54) is 4.90 Å². The minimum absolute atomic E-state index is 0.0360. The summed E-state index contributed by atoms with van der Waals surface area (Å²) in [5.74, 6) is -0.495. The standard InChI is InChI=1S/C15H20N2O3/c1-3-10-17(12-15(19)20-4-2)14(18)8-7-13-6-5-9-16-11-13/h3,5-6,9,11H,1,4,7-8,10,12H2,2H3. The highest BCUT2D eigenvalue weighted by molar-refractivity contribution is 5.82. The van der Waals surface area contributed by atoms with Crippen LogP contribution in [0.5, 0.6) is 0 Å². The van der Waals surface area contributed by atoms with Gasteiger partial charge in [0.05, 0.1) is 6.61 Å². The molecule has 1 amide bonds. The third-order valence-electron chi connectivity index (χ3n) is 2.68. The molecular weight excluding hydrogens is 256 g/mol. The Labute approximate surface area is 119 Å². The van der Waals surface area contributed by atoms with Crippen LogP contribution in [0.15, 0.2) is 37.2 Å². The number of pyridine rings is 1. The van der Waals surface area contributed by atoms with E-state index in [2.05, 4.69) is 11.6 Å². The lowest BCUT2D eigenvalue weighted by molar-refractivity contribution is -0.148. The molecule has 0 bridgehead atoms. The van der Waals surface area contributed by atoms with Crippen molar-refractivity contribution in [3.05, 3.63) is 42.7 Å². The number of nitrogens with zero attached hydrogens (tertiary/aromatic N) is 2. The molecule has 1 rings (SSSR count). The van der Waals surface area contributed by atoms with E-state index in [1.807, 2.05) is 12.1 Å². The number of rotatable bonds is 8. The normalized spacial score (nSPS) is 9.85. The van der Waals surface area contributed by atoms with E-state index in [-0.39, 0.29) is 12.5 Å². The predicted octanol–water partition coefficient (Wildman–Crippen LogP) is 1.59. The number of hydrogen-bond donors (Lipinski definition) is 0. The average molecular weight is 276 g/mol. The van der Waals surface area contributed by atoms with Crippen LogP contribution in [0.25, 0.3) is 0 Å². The minimum atomic E-state index is -0.399. The second-order valence-corrected chi connectivity index (χ2v) is 4.23. The lowest BCUT2D eigenvalue weighted by Gasteiger charge is -2.20. The van der Waals surface area contributed by atoms with Crippen molar-refractivity contribution in [2.24, 2.45) is 0 Å². The smallest absolute Gasteiger partial charge is 0.325 e. The molecule has 0 spiro atoms. The van der Waals surface area contributed by atoms with Gasteiger partial charge in [0, 0.05) is 25.4 Å². The van der Waals surface area contributed by atoms with Crippen LogP contribution in [0.2, 0.25) is 0 Å². The lowest BCUT2D eigenvalue weighted by atomic mass is 10.1. The van der Waals surface area contributed by atoms with Crippen LogP contribution in [0, 0.1) is 0 Å². The quantitative estimate of drug-likeness (QED) is 0.534. The topological polar surface area (TPSA) is 59.5 Å². The Bertz CT molecular complexity index is 446. The Balaban J connectivity index is 2.51. The number of carbonyl (C=O) groups excluding carboxylic acids is 2. The summed E-state index contributed by atoms with van der Waals surface area (Å²) in [6, 6.07) is 3.75. The maximum Gasteiger partial charge on any atom is 0.325 e. The average Bonchev–Trinajstić information content (AvgIpc) is 2.45. The molecule has 20 heavy (non-hydrogen) atoms. The van der Waals surface area contributed by atoms with E-state index in [4.69, 9.17) is 4.74 Å². The van der Waals surface area contributed by atoms with Crippen molar-refractivity contribution < 1.29 is 14.3 Å². The first-order valence-corrected chi connectivity index (χ1v) is 6.60. The maximum atomic E-state index is 12.1. The summed E-state index contributed by atoms with van der Waals surface area (Å²) in [5, 5.41) is 0. The number of hydrogen-bond acceptors (Lipinski definition) is 4. The molecule has 0 radical (unpaired) electrons. The van der Waals surface area contributed by atoms with Crippen LogP contribution in [0.4, 0.5) is 0 Å². The molecule has 1 aromatic heterocycles. The molecule has 0 aromatic carbocycles. The highest BCUT2D eigenvalue weighted by Crippen LogP contribution is 2.04. The first-order valence-electron chi connectivity index (χ1n) is 6.60. The van der Waals surface area contributed by atoms with Crippen molar-refractivity contribution in [3.63, 3.8) is 0 Å². The van der Waals surface area contributed by atoms with Crippen molar-refractivity contribution in [3.8, 4) is 0 Å². The first kappa shape index (κ1) is 15.9. The number of aromatic nitrogens is 1. The summed E-state index contributed by atoms with van der Waals surface area (Å²) in [5.41, 5.74) is 0.996. The molecule has 5 heteroatoms. The Kier molecular flexibility index (Phi) is 7.03. The Morgan fingerprint density at radius 1 is 1.50 bits per heavy atom. The van der Waals surface area contributed by atoms with Crippen LogP contribution in [-0.2, 0) is 20.7 Å². The number of amides is 1. The SMILES string of the molecule is C=CCN(CC(=O)OCC)C(=O)CCc1cccnc1. The van der Waals surface area contributed by atoms with Crippen molar-refractivity contribution in [1.29, 1.82) is 0 Å². The second kappa shape index (κ2) is 8.85. The Morgan fingerprint density at radius 2 is 2.30 bits per heavy atom. The summed E-state index contributed by atoms with van der Waals surface area (Å²) in [6.45, 7) is 5.95. The number of esters is 1. The lowest BCUT2D eigenvalue weighted by Crippen LogP contribution is -2.36. The van der Waals surface area contributed by atoms with E-state index in [0.717, 1.165) is 5.56 Å².